The van der Waals surface area contributed by atoms with E-state index in [-0.39, 0.29) is 11.9 Å². The predicted octanol–water partition coefficient (Wildman–Crippen LogP) is 7.38. The first-order valence-electron chi connectivity index (χ1n) is 11.2. The van der Waals surface area contributed by atoms with E-state index >= 15 is 0 Å². The van der Waals surface area contributed by atoms with Gasteiger partial charge in [0, 0.05) is 23.5 Å². The van der Waals surface area contributed by atoms with E-state index in [4.69, 9.17) is 9.47 Å². The maximum Gasteiger partial charge on any atom is 0.306 e. The van der Waals surface area contributed by atoms with Crippen LogP contribution in [0.2, 0.25) is 0 Å². The number of hydrogen-bond donors (Lipinski definition) is 0. The molecule has 0 heterocycles. The van der Waals surface area contributed by atoms with Crippen LogP contribution in [0.3, 0.4) is 0 Å². The van der Waals surface area contributed by atoms with Gasteiger partial charge in [-0.2, -0.15) is 0 Å². The summed E-state index contributed by atoms with van der Waals surface area (Å²) in [4.78, 5) is 23.7. The van der Waals surface area contributed by atoms with Gasteiger partial charge in [0.15, 0.2) is 0 Å². The van der Waals surface area contributed by atoms with Crippen molar-refractivity contribution in [2.45, 2.75) is 75.2 Å². The summed E-state index contributed by atoms with van der Waals surface area (Å²) in [5.74, 6) is -0.279. The molecule has 0 aliphatic heterocycles. The summed E-state index contributed by atoms with van der Waals surface area (Å²) in [5, 5.41) is 1.65. The number of carbonyl (C=O) groups is 2. The molecule has 0 bridgehead atoms. The molecule has 174 valence electrons. The lowest BCUT2D eigenvalue weighted by Crippen LogP contribution is -2.04. The molecule has 32 heavy (non-hydrogen) atoms. The van der Waals surface area contributed by atoms with Crippen molar-refractivity contribution in [1.82, 2.24) is 0 Å². The van der Waals surface area contributed by atoms with Crippen molar-refractivity contribution >= 4 is 43.8 Å². The van der Waals surface area contributed by atoms with Crippen LogP contribution in [0.15, 0.2) is 48.5 Å². The molecule has 0 fully saturated rings. The van der Waals surface area contributed by atoms with Crippen molar-refractivity contribution in [1.29, 1.82) is 0 Å². The summed E-state index contributed by atoms with van der Waals surface area (Å²) in [6, 6.07) is 16.1. The SMILES string of the molecule is O=C(CCCCCCCCC(=O)OCc1ccc(CBr)cc1)OCc1ccc(CBr)cc1. The van der Waals surface area contributed by atoms with E-state index in [2.05, 4.69) is 31.9 Å². The van der Waals surface area contributed by atoms with Crippen molar-refractivity contribution in [2.75, 3.05) is 0 Å². The van der Waals surface area contributed by atoms with Gasteiger partial charge in [-0.3, -0.25) is 9.59 Å². The zero-order valence-electron chi connectivity index (χ0n) is 18.5. The van der Waals surface area contributed by atoms with Gasteiger partial charge in [0.1, 0.15) is 13.2 Å². The Morgan fingerprint density at radius 1 is 0.531 bits per heavy atom. The molecule has 6 heteroatoms. The van der Waals surface area contributed by atoms with E-state index in [0.717, 1.165) is 60.3 Å². The average molecular weight is 568 g/mol. The molecule has 0 saturated heterocycles. The Morgan fingerprint density at radius 3 is 1.19 bits per heavy atom. The van der Waals surface area contributed by atoms with Crippen LogP contribution in [-0.4, -0.2) is 11.9 Å². The molecule has 2 aromatic carbocycles. The molecule has 0 N–H and O–H groups in total. The van der Waals surface area contributed by atoms with Crippen LogP contribution in [0.4, 0.5) is 0 Å². The lowest BCUT2D eigenvalue weighted by molar-refractivity contribution is -0.146. The third-order valence-corrected chi connectivity index (χ3v) is 6.46. The summed E-state index contributed by atoms with van der Waals surface area (Å²) in [7, 11) is 0. The number of esters is 2. The van der Waals surface area contributed by atoms with Gasteiger partial charge in [0.25, 0.3) is 0 Å². The topological polar surface area (TPSA) is 52.6 Å². The monoisotopic (exact) mass is 566 g/mol. The fourth-order valence-corrected chi connectivity index (χ4v) is 3.91. The third kappa shape index (κ3) is 11.3. The van der Waals surface area contributed by atoms with E-state index < -0.39 is 0 Å². The zero-order valence-corrected chi connectivity index (χ0v) is 21.7. The maximum absolute atomic E-state index is 11.9. The number of ether oxygens (including phenoxy) is 2. The number of rotatable bonds is 15. The van der Waals surface area contributed by atoms with Crippen LogP contribution in [0, 0.1) is 0 Å². The molecule has 0 aliphatic carbocycles. The highest BCUT2D eigenvalue weighted by Gasteiger charge is 2.05. The number of halogens is 2. The van der Waals surface area contributed by atoms with Gasteiger partial charge in [0.05, 0.1) is 0 Å². The Kier molecular flexibility index (Phi) is 13.3. The third-order valence-electron chi connectivity index (χ3n) is 5.17. The molecule has 0 radical (unpaired) electrons. The Labute approximate surface area is 208 Å². The molecule has 0 unspecified atom stereocenters. The first kappa shape index (κ1) is 26.6. The Hall–Kier alpha value is -1.66. The first-order valence-corrected chi connectivity index (χ1v) is 13.4. The standard InChI is InChI=1S/C26H32Br2O4/c27-17-21-9-13-23(14-10-21)19-31-25(29)7-5-3-1-2-4-6-8-26(30)32-20-24-15-11-22(18-28)12-16-24/h9-16H,1-8,17-20H2. The second-order valence-corrected chi connectivity index (χ2v) is 8.96. The second kappa shape index (κ2) is 16.0. The van der Waals surface area contributed by atoms with Crippen LogP contribution >= 0.6 is 31.9 Å². The fourth-order valence-electron chi connectivity index (χ4n) is 3.17. The molecule has 4 nitrogen and oxygen atoms in total. The van der Waals surface area contributed by atoms with E-state index in [0.29, 0.717) is 26.1 Å². The zero-order chi connectivity index (χ0) is 23.0. The normalized spacial score (nSPS) is 10.7. The minimum absolute atomic E-state index is 0.140. The quantitative estimate of drug-likeness (QED) is 0.128. The smallest absolute Gasteiger partial charge is 0.306 e. The number of benzene rings is 2. The van der Waals surface area contributed by atoms with Crippen LogP contribution in [0.1, 0.15) is 73.6 Å². The largest absolute Gasteiger partial charge is 0.461 e. The van der Waals surface area contributed by atoms with E-state index in [1.807, 2.05) is 48.5 Å². The molecule has 0 aliphatic rings. The number of alkyl halides is 2. The minimum Gasteiger partial charge on any atom is -0.461 e. The van der Waals surface area contributed by atoms with Gasteiger partial charge in [-0.05, 0) is 35.1 Å². The highest BCUT2D eigenvalue weighted by Crippen LogP contribution is 2.13. The molecular weight excluding hydrogens is 536 g/mol. The molecular formula is C26H32Br2O4. The van der Waals surface area contributed by atoms with Gasteiger partial charge < -0.3 is 9.47 Å². The lowest BCUT2D eigenvalue weighted by atomic mass is 10.1. The van der Waals surface area contributed by atoms with E-state index in [1.54, 1.807) is 0 Å². The van der Waals surface area contributed by atoms with Crippen molar-refractivity contribution < 1.29 is 19.1 Å². The van der Waals surface area contributed by atoms with Gasteiger partial charge in [-0.15, -0.1) is 0 Å². The molecule has 0 amide bonds. The second-order valence-electron chi connectivity index (χ2n) is 7.84. The van der Waals surface area contributed by atoms with Crippen LogP contribution in [0.5, 0.6) is 0 Å². The van der Waals surface area contributed by atoms with Gasteiger partial charge in [0.2, 0.25) is 0 Å². The first-order chi connectivity index (χ1) is 15.6. The fraction of sp³-hybridized carbons (Fsp3) is 0.462. The van der Waals surface area contributed by atoms with Crippen molar-refractivity contribution in [3.05, 3.63) is 70.8 Å². The number of carbonyl (C=O) groups excluding carboxylic acids is 2. The minimum atomic E-state index is -0.140. The Balaban J connectivity index is 1.42. The van der Waals surface area contributed by atoms with Crippen LogP contribution < -0.4 is 0 Å². The van der Waals surface area contributed by atoms with Crippen molar-refractivity contribution in [2.24, 2.45) is 0 Å². The summed E-state index contributed by atoms with van der Waals surface area (Å²) in [5.41, 5.74) is 4.42. The van der Waals surface area contributed by atoms with Gasteiger partial charge >= 0.3 is 11.9 Å². The van der Waals surface area contributed by atoms with Crippen LogP contribution in [0.25, 0.3) is 0 Å². The summed E-state index contributed by atoms with van der Waals surface area (Å²) < 4.78 is 10.7. The lowest BCUT2D eigenvalue weighted by Gasteiger charge is -2.06. The van der Waals surface area contributed by atoms with Gasteiger partial charge in [-0.25, -0.2) is 0 Å². The molecule has 0 spiro atoms. The van der Waals surface area contributed by atoms with Crippen molar-refractivity contribution in [3.8, 4) is 0 Å². The molecule has 0 aromatic heterocycles. The Bertz CT molecular complexity index is 734. The van der Waals surface area contributed by atoms with E-state index in [1.165, 1.54) is 11.1 Å². The van der Waals surface area contributed by atoms with Gasteiger partial charge in [-0.1, -0.05) is 106 Å². The van der Waals surface area contributed by atoms with Crippen LogP contribution in [-0.2, 0) is 42.9 Å². The average Bonchev–Trinajstić information content (AvgIpc) is 2.83. The highest BCUT2D eigenvalue weighted by molar-refractivity contribution is 9.08. The summed E-state index contributed by atoms with van der Waals surface area (Å²) in [6.07, 6.45) is 6.75. The summed E-state index contributed by atoms with van der Waals surface area (Å²) >= 11 is 6.83. The maximum atomic E-state index is 11.9. The molecule has 2 rings (SSSR count). The summed E-state index contributed by atoms with van der Waals surface area (Å²) in [6.45, 7) is 0.666. The highest BCUT2D eigenvalue weighted by atomic mass is 79.9. The number of unbranched alkanes of at least 4 members (excludes halogenated alkanes) is 5. The van der Waals surface area contributed by atoms with E-state index in [9.17, 15) is 9.59 Å². The number of hydrogen-bond acceptors (Lipinski definition) is 4. The molecule has 0 atom stereocenters. The Morgan fingerprint density at radius 2 is 0.844 bits per heavy atom. The predicted molar refractivity (Wildman–Crippen MR) is 135 cm³/mol. The molecule has 0 saturated carbocycles. The van der Waals surface area contributed by atoms with Crippen molar-refractivity contribution in [3.63, 3.8) is 0 Å². The molecule has 2 aromatic rings.